The number of benzene rings is 3. The van der Waals surface area contributed by atoms with Crippen LogP contribution in [0.15, 0.2) is 66.7 Å². The molecule has 1 N–H and O–H groups in total. The Balaban J connectivity index is 1.77. The Morgan fingerprint density at radius 2 is 1.52 bits per heavy atom. The molecule has 3 aromatic carbocycles. The molecule has 1 heterocycles. The van der Waals surface area contributed by atoms with Gasteiger partial charge in [0.25, 0.3) is 0 Å². The molecule has 1 aliphatic heterocycles. The summed E-state index contributed by atoms with van der Waals surface area (Å²) in [7, 11) is 0. The lowest BCUT2D eigenvalue weighted by Crippen LogP contribution is -2.45. The van der Waals surface area contributed by atoms with E-state index >= 15 is 0 Å². The molecule has 0 aromatic heterocycles. The number of aryl methyl sites for hydroxylation is 1. The standard InChI is InChI=1S/C23H26N2/c1-2-18-7-9-20(10-8-18)23(25-15-13-24-14-16-25)22-12-11-19-5-3-4-6-21(19)17-22/h3-12,17,23-24H,2,13-16H2,1H3. The molecule has 3 aromatic rings. The average Bonchev–Trinajstić information content (AvgIpc) is 2.69. The van der Waals surface area contributed by atoms with Crippen molar-refractivity contribution < 1.29 is 0 Å². The van der Waals surface area contributed by atoms with Crippen LogP contribution in [0.1, 0.15) is 29.7 Å². The first-order valence-corrected chi connectivity index (χ1v) is 9.37. The van der Waals surface area contributed by atoms with Crippen LogP contribution in [0.3, 0.4) is 0 Å². The van der Waals surface area contributed by atoms with Gasteiger partial charge in [0.1, 0.15) is 0 Å². The van der Waals surface area contributed by atoms with Crippen molar-refractivity contribution in [3.8, 4) is 0 Å². The SMILES string of the molecule is CCc1ccc(C(c2ccc3ccccc3c2)N2CCNCC2)cc1. The highest BCUT2D eigenvalue weighted by atomic mass is 15.2. The van der Waals surface area contributed by atoms with E-state index in [1.807, 2.05) is 0 Å². The molecular weight excluding hydrogens is 304 g/mol. The maximum atomic E-state index is 3.48. The number of hydrogen-bond donors (Lipinski definition) is 1. The fraction of sp³-hybridized carbons (Fsp3) is 0.304. The predicted molar refractivity (Wildman–Crippen MR) is 106 cm³/mol. The summed E-state index contributed by atoms with van der Waals surface area (Å²) in [4.78, 5) is 2.61. The van der Waals surface area contributed by atoms with Gasteiger partial charge in [-0.05, 0) is 39.9 Å². The molecule has 0 saturated carbocycles. The van der Waals surface area contributed by atoms with Gasteiger partial charge in [-0.2, -0.15) is 0 Å². The van der Waals surface area contributed by atoms with Crippen molar-refractivity contribution in [2.75, 3.05) is 26.2 Å². The molecule has 4 rings (SSSR count). The fourth-order valence-corrected chi connectivity index (χ4v) is 3.87. The second kappa shape index (κ2) is 7.38. The van der Waals surface area contributed by atoms with Gasteiger partial charge in [0.05, 0.1) is 6.04 Å². The van der Waals surface area contributed by atoms with Crippen LogP contribution in [0.4, 0.5) is 0 Å². The lowest BCUT2D eigenvalue weighted by atomic mass is 9.93. The zero-order valence-electron chi connectivity index (χ0n) is 14.9. The van der Waals surface area contributed by atoms with Crippen molar-refractivity contribution in [3.05, 3.63) is 83.4 Å². The highest BCUT2D eigenvalue weighted by molar-refractivity contribution is 5.83. The summed E-state index contributed by atoms with van der Waals surface area (Å²) in [5.74, 6) is 0. The molecule has 1 saturated heterocycles. The Kier molecular flexibility index (Phi) is 4.82. The molecule has 2 heteroatoms. The number of hydrogen-bond acceptors (Lipinski definition) is 2. The third-order valence-corrected chi connectivity index (χ3v) is 5.31. The third kappa shape index (κ3) is 3.46. The minimum Gasteiger partial charge on any atom is -0.314 e. The van der Waals surface area contributed by atoms with Gasteiger partial charge < -0.3 is 5.32 Å². The van der Waals surface area contributed by atoms with Gasteiger partial charge in [0, 0.05) is 26.2 Å². The van der Waals surface area contributed by atoms with Crippen LogP contribution >= 0.6 is 0 Å². The van der Waals surface area contributed by atoms with Crippen LogP contribution < -0.4 is 5.32 Å². The first-order valence-electron chi connectivity index (χ1n) is 9.37. The van der Waals surface area contributed by atoms with E-state index in [0.29, 0.717) is 6.04 Å². The molecule has 25 heavy (non-hydrogen) atoms. The van der Waals surface area contributed by atoms with Crippen molar-refractivity contribution in [1.29, 1.82) is 0 Å². The Labute approximate surface area is 150 Å². The second-order valence-electron chi connectivity index (χ2n) is 6.89. The van der Waals surface area contributed by atoms with E-state index in [-0.39, 0.29) is 0 Å². The average molecular weight is 330 g/mol. The molecule has 128 valence electrons. The molecule has 1 unspecified atom stereocenters. The highest BCUT2D eigenvalue weighted by Gasteiger charge is 2.24. The quantitative estimate of drug-likeness (QED) is 0.763. The van der Waals surface area contributed by atoms with Crippen molar-refractivity contribution in [1.82, 2.24) is 10.2 Å². The fourth-order valence-electron chi connectivity index (χ4n) is 3.87. The van der Waals surface area contributed by atoms with Crippen molar-refractivity contribution in [2.45, 2.75) is 19.4 Å². The lowest BCUT2D eigenvalue weighted by molar-refractivity contribution is 0.198. The van der Waals surface area contributed by atoms with Gasteiger partial charge in [0.15, 0.2) is 0 Å². The van der Waals surface area contributed by atoms with E-state index in [0.717, 1.165) is 32.6 Å². The first-order chi connectivity index (χ1) is 12.3. The summed E-state index contributed by atoms with van der Waals surface area (Å²) in [5.41, 5.74) is 4.19. The summed E-state index contributed by atoms with van der Waals surface area (Å²) in [6.45, 7) is 6.53. The summed E-state index contributed by atoms with van der Waals surface area (Å²) in [6, 6.07) is 25.1. The van der Waals surface area contributed by atoms with Gasteiger partial charge in [0.2, 0.25) is 0 Å². The molecule has 1 atom stereocenters. The van der Waals surface area contributed by atoms with Crippen molar-refractivity contribution in [2.24, 2.45) is 0 Å². The molecule has 1 aliphatic rings. The Hall–Kier alpha value is -2.16. The predicted octanol–water partition coefficient (Wildman–Crippen LogP) is 4.40. The van der Waals surface area contributed by atoms with Crippen LogP contribution in [0.5, 0.6) is 0 Å². The lowest BCUT2D eigenvalue weighted by Gasteiger charge is -2.35. The number of rotatable bonds is 4. The molecule has 0 amide bonds. The van der Waals surface area contributed by atoms with Gasteiger partial charge in [-0.3, -0.25) is 4.90 Å². The molecule has 1 fully saturated rings. The monoisotopic (exact) mass is 330 g/mol. The highest BCUT2D eigenvalue weighted by Crippen LogP contribution is 2.31. The molecule has 0 spiro atoms. The smallest absolute Gasteiger partial charge is 0.0602 e. The van der Waals surface area contributed by atoms with E-state index in [4.69, 9.17) is 0 Å². The topological polar surface area (TPSA) is 15.3 Å². The van der Waals surface area contributed by atoms with Crippen LogP contribution in [-0.4, -0.2) is 31.1 Å². The minimum absolute atomic E-state index is 0.331. The molecule has 2 nitrogen and oxygen atoms in total. The van der Waals surface area contributed by atoms with Gasteiger partial charge >= 0.3 is 0 Å². The first kappa shape index (κ1) is 16.3. The maximum absolute atomic E-state index is 3.48. The van der Waals surface area contributed by atoms with Crippen LogP contribution in [0.25, 0.3) is 10.8 Å². The van der Waals surface area contributed by atoms with Gasteiger partial charge in [-0.25, -0.2) is 0 Å². The van der Waals surface area contributed by atoms with Gasteiger partial charge in [-0.1, -0.05) is 67.6 Å². The summed E-state index contributed by atoms with van der Waals surface area (Å²) >= 11 is 0. The second-order valence-corrected chi connectivity index (χ2v) is 6.89. The Bertz CT molecular complexity index is 832. The van der Waals surface area contributed by atoms with Crippen molar-refractivity contribution in [3.63, 3.8) is 0 Å². The molecule has 0 radical (unpaired) electrons. The van der Waals surface area contributed by atoms with E-state index < -0.39 is 0 Å². The number of nitrogens with zero attached hydrogens (tertiary/aromatic N) is 1. The van der Waals surface area contributed by atoms with E-state index in [1.165, 1.54) is 27.5 Å². The van der Waals surface area contributed by atoms with Crippen LogP contribution in [0.2, 0.25) is 0 Å². The molecule has 0 bridgehead atoms. The van der Waals surface area contributed by atoms with E-state index in [1.54, 1.807) is 0 Å². The maximum Gasteiger partial charge on any atom is 0.0602 e. The van der Waals surface area contributed by atoms with Crippen molar-refractivity contribution >= 4 is 10.8 Å². The summed E-state index contributed by atoms with van der Waals surface area (Å²) in [6.07, 6.45) is 1.09. The summed E-state index contributed by atoms with van der Waals surface area (Å²) < 4.78 is 0. The number of nitrogens with one attached hydrogen (secondary N) is 1. The Morgan fingerprint density at radius 1 is 0.840 bits per heavy atom. The zero-order valence-corrected chi connectivity index (χ0v) is 14.9. The van der Waals surface area contributed by atoms with E-state index in [9.17, 15) is 0 Å². The zero-order chi connectivity index (χ0) is 17.1. The van der Waals surface area contributed by atoms with Crippen LogP contribution in [0, 0.1) is 0 Å². The minimum atomic E-state index is 0.331. The largest absolute Gasteiger partial charge is 0.314 e. The van der Waals surface area contributed by atoms with Gasteiger partial charge in [-0.15, -0.1) is 0 Å². The molecular formula is C23H26N2. The third-order valence-electron chi connectivity index (χ3n) is 5.31. The normalized spacial score (nSPS) is 16.8. The van der Waals surface area contributed by atoms with Crippen LogP contribution in [-0.2, 0) is 6.42 Å². The summed E-state index contributed by atoms with van der Waals surface area (Å²) in [5, 5.41) is 6.11. The Morgan fingerprint density at radius 3 is 2.24 bits per heavy atom. The molecule has 0 aliphatic carbocycles. The number of fused-ring (bicyclic) bond motifs is 1. The number of piperazine rings is 1. The van der Waals surface area contributed by atoms with E-state index in [2.05, 4.69) is 83.9 Å².